The van der Waals surface area contributed by atoms with Crippen molar-refractivity contribution in [3.8, 4) is 11.5 Å². The van der Waals surface area contributed by atoms with Crippen LogP contribution in [0, 0.1) is 15.9 Å². The Morgan fingerprint density at radius 2 is 1.88 bits per heavy atom. The highest BCUT2D eigenvalue weighted by atomic mass is 19.1. The van der Waals surface area contributed by atoms with Crippen LogP contribution < -0.4 is 15.5 Å². The van der Waals surface area contributed by atoms with Crippen LogP contribution >= 0.6 is 0 Å². The van der Waals surface area contributed by atoms with Gasteiger partial charge in [-0.3, -0.25) is 19.7 Å². The summed E-state index contributed by atoms with van der Waals surface area (Å²) >= 11 is 0. The molecule has 0 saturated carbocycles. The number of nitrogens with one attached hydrogen (secondary N) is 2. The maximum Gasteiger partial charge on any atom is 0.315 e. The highest BCUT2D eigenvalue weighted by molar-refractivity contribution is 6.05. The number of carbonyl (C=O) groups is 2. The van der Waals surface area contributed by atoms with Crippen molar-refractivity contribution in [3.63, 3.8) is 0 Å². The summed E-state index contributed by atoms with van der Waals surface area (Å²) in [4.78, 5) is 34.9. The monoisotopic (exact) mass is 452 g/mol. The second-order valence-electron chi connectivity index (χ2n) is 6.56. The number of phenols is 1. The molecule has 0 aromatic heterocycles. The van der Waals surface area contributed by atoms with E-state index >= 15 is 0 Å². The van der Waals surface area contributed by atoms with Crippen LogP contribution in [-0.4, -0.2) is 35.2 Å². The molecule has 33 heavy (non-hydrogen) atoms. The minimum absolute atomic E-state index is 0.0488. The minimum atomic E-state index is -0.783. The zero-order valence-electron chi connectivity index (χ0n) is 17.1. The average molecular weight is 452 g/mol. The second kappa shape index (κ2) is 10.0. The van der Waals surface area contributed by atoms with Crippen molar-refractivity contribution in [3.05, 3.63) is 93.3 Å². The Kier molecular flexibility index (Phi) is 6.94. The molecule has 0 atom stereocenters. The number of nitro groups is 1. The molecule has 3 aromatic rings. The third-order valence-corrected chi connectivity index (χ3v) is 4.40. The number of methoxy groups -OCH3 is 1. The summed E-state index contributed by atoms with van der Waals surface area (Å²) in [5.74, 6) is -2.55. The van der Waals surface area contributed by atoms with Crippen molar-refractivity contribution in [2.45, 2.75) is 0 Å². The summed E-state index contributed by atoms with van der Waals surface area (Å²) in [6.45, 7) is 0. The third kappa shape index (κ3) is 5.47. The zero-order chi connectivity index (χ0) is 24.0. The molecule has 3 aromatic carbocycles. The first-order valence-corrected chi connectivity index (χ1v) is 9.35. The predicted molar refractivity (Wildman–Crippen MR) is 117 cm³/mol. The van der Waals surface area contributed by atoms with E-state index in [1.807, 2.05) is 0 Å². The largest absolute Gasteiger partial charge is 0.502 e. The lowest BCUT2D eigenvalue weighted by molar-refractivity contribution is -0.385. The summed E-state index contributed by atoms with van der Waals surface area (Å²) in [7, 11) is 1.30. The van der Waals surface area contributed by atoms with E-state index in [2.05, 4.69) is 15.8 Å². The Balaban J connectivity index is 1.72. The summed E-state index contributed by atoms with van der Waals surface area (Å²) in [6.07, 6.45) is 1.02. The van der Waals surface area contributed by atoms with E-state index in [-0.39, 0.29) is 28.1 Å². The van der Waals surface area contributed by atoms with Crippen LogP contribution in [0.3, 0.4) is 0 Å². The first kappa shape index (κ1) is 22.9. The smallest absolute Gasteiger partial charge is 0.315 e. The van der Waals surface area contributed by atoms with Gasteiger partial charge in [0.05, 0.1) is 29.9 Å². The molecule has 0 aliphatic heterocycles. The van der Waals surface area contributed by atoms with E-state index in [9.17, 15) is 29.2 Å². The van der Waals surface area contributed by atoms with Gasteiger partial charge in [0, 0.05) is 16.8 Å². The molecule has 168 valence electrons. The van der Waals surface area contributed by atoms with Gasteiger partial charge in [0.1, 0.15) is 11.6 Å². The average Bonchev–Trinajstić information content (AvgIpc) is 2.80. The molecule has 2 amide bonds. The predicted octanol–water partition coefficient (Wildman–Crippen LogP) is 3.46. The molecule has 0 aliphatic carbocycles. The SMILES string of the molecule is COc1cc(/C=N\NC(=O)c2cccc(NC(=O)c3ccccc3F)c2)c(O)c([N+](=O)[O-])c1. The molecule has 0 radical (unpaired) electrons. The van der Waals surface area contributed by atoms with Crippen molar-refractivity contribution >= 4 is 29.4 Å². The van der Waals surface area contributed by atoms with Crippen LogP contribution in [0.2, 0.25) is 0 Å². The van der Waals surface area contributed by atoms with Gasteiger partial charge in [0.25, 0.3) is 11.8 Å². The van der Waals surface area contributed by atoms with Gasteiger partial charge >= 0.3 is 5.69 Å². The molecule has 10 nitrogen and oxygen atoms in total. The molecule has 0 bridgehead atoms. The van der Waals surface area contributed by atoms with E-state index in [1.54, 1.807) is 0 Å². The first-order chi connectivity index (χ1) is 15.8. The molecule has 11 heteroatoms. The summed E-state index contributed by atoms with van der Waals surface area (Å²) in [6, 6.07) is 13.7. The number of phenolic OH excluding ortho intramolecular Hbond substituents is 1. The number of amides is 2. The van der Waals surface area contributed by atoms with Gasteiger partial charge in [0.2, 0.25) is 5.75 Å². The first-order valence-electron chi connectivity index (χ1n) is 9.35. The van der Waals surface area contributed by atoms with Gasteiger partial charge in [-0.2, -0.15) is 5.10 Å². The Bertz CT molecular complexity index is 1260. The number of rotatable bonds is 7. The molecule has 0 spiro atoms. The van der Waals surface area contributed by atoms with E-state index in [1.165, 1.54) is 55.6 Å². The van der Waals surface area contributed by atoms with Crippen molar-refractivity contribution < 1.29 is 28.7 Å². The fraction of sp³-hybridized carbons (Fsp3) is 0.0455. The van der Waals surface area contributed by atoms with Gasteiger partial charge in [-0.05, 0) is 36.4 Å². The number of aromatic hydroxyl groups is 1. The standard InChI is InChI=1S/C22H17FN4O6/c1-33-16-10-14(20(28)19(11-16)27(31)32)12-24-26-21(29)13-5-4-6-15(9-13)25-22(30)17-7-2-3-8-18(17)23/h2-12,28H,1H3,(H,25,30)(H,26,29)/b24-12-. The maximum atomic E-state index is 13.8. The molecule has 0 unspecified atom stereocenters. The number of hydrogen-bond acceptors (Lipinski definition) is 7. The van der Waals surface area contributed by atoms with E-state index in [0.29, 0.717) is 0 Å². The Morgan fingerprint density at radius 1 is 1.12 bits per heavy atom. The molecule has 0 heterocycles. The van der Waals surface area contributed by atoms with Gasteiger partial charge in [-0.25, -0.2) is 9.82 Å². The minimum Gasteiger partial charge on any atom is -0.502 e. The number of benzene rings is 3. The van der Waals surface area contributed by atoms with Gasteiger partial charge in [-0.15, -0.1) is 0 Å². The number of hydrazone groups is 1. The maximum absolute atomic E-state index is 13.8. The van der Waals surface area contributed by atoms with Crippen LogP contribution in [0.1, 0.15) is 26.3 Å². The van der Waals surface area contributed by atoms with Crippen LogP contribution in [-0.2, 0) is 0 Å². The summed E-state index contributed by atoms with van der Waals surface area (Å²) in [5, 5.41) is 27.3. The molecular weight excluding hydrogens is 435 g/mol. The van der Waals surface area contributed by atoms with Crippen LogP contribution in [0.25, 0.3) is 0 Å². The van der Waals surface area contributed by atoms with Crippen LogP contribution in [0.15, 0.2) is 65.8 Å². The number of carbonyl (C=O) groups excluding carboxylic acids is 2. The van der Waals surface area contributed by atoms with E-state index in [0.717, 1.165) is 18.3 Å². The van der Waals surface area contributed by atoms with Crippen molar-refractivity contribution in [2.24, 2.45) is 5.10 Å². The van der Waals surface area contributed by atoms with Crippen LogP contribution in [0.5, 0.6) is 11.5 Å². The van der Waals surface area contributed by atoms with E-state index in [4.69, 9.17) is 4.74 Å². The normalized spacial score (nSPS) is 10.6. The van der Waals surface area contributed by atoms with Gasteiger partial charge < -0.3 is 15.2 Å². The Hall–Kier alpha value is -4.80. The summed E-state index contributed by atoms with van der Waals surface area (Å²) in [5.41, 5.74) is 1.81. The van der Waals surface area contributed by atoms with Crippen molar-refractivity contribution in [2.75, 3.05) is 12.4 Å². The lowest BCUT2D eigenvalue weighted by Crippen LogP contribution is -2.18. The Morgan fingerprint density at radius 3 is 2.58 bits per heavy atom. The molecule has 3 N–H and O–H groups in total. The fourth-order valence-corrected chi connectivity index (χ4v) is 2.78. The molecule has 0 aliphatic rings. The quantitative estimate of drug-likeness (QED) is 0.285. The van der Waals surface area contributed by atoms with Crippen molar-refractivity contribution in [1.29, 1.82) is 0 Å². The van der Waals surface area contributed by atoms with E-state index < -0.39 is 34.0 Å². The summed E-state index contributed by atoms with van der Waals surface area (Å²) < 4.78 is 18.7. The van der Waals surface area contributed by atoms with Crippen molar-refractivity contribution in [1.82, 2.24) is 5.43 Å². The second-order valence-corrected chi connectivity index (χ2v) is 6.56. The van der Waals surface area contributed by atoms with Gasteiger partial charge in [-0.1, -0.05) is 18.2 Å². The lowest BCUT2D eigenvalue weighted by Gasteiger charge is -2.08. The molecule has 3 rings (SSSR count). The highest BCUT2D eigenvalue weighted by Gasteiger charge is 2.19. The number of nitro benzene ring substituents is 1. The van der Waals surface area contributed by atoms with Crippen LogP contribution in [0.4, 0.5) is 15.8 Å². The fourth-order valence-electron chi connectivity index (χ4n) is 2.78. The molecule has 0 fully saturated rings. The number of anilines is 1. The topological polar surface area (TPSA) is 143 Å². The third-order valence-electron chi connectivity index (χ3n) is 4.40. The highest BCUT2D eigenvalue weighted by Crippen LogP contribution is 2.33. The zero-order valence-corrected chi connectivity index (χ0v) is 17.1. The Labute approximate surface area is 186 Å². The molecular formula is C22H17FN4O6. The number of halogens is 1. The number of nitrogens with zero attached hydrogens (tertiary/aromatic N) is 2. The number of hydrogen-bond donors (Lipinski definition) is 3. The molecule has 0 saturated heterocycles. The number of ether oxygens (including phenoxy) is 1. The lowest BCUT2D eigenvalue weighted by atomic mass is 10.1. The van der Waals surface area contributed by atoms with Gasteiger partial charge in [0.15, 0.2) is 0 Å².